The Hall–Kier alpha value is -12.5. The van der Waals surface area contributed by atoms with Crippen molar-refractivity contribution in [1.29, 1.82) is 0 Å². The second kappa shape index (κ2) is 22.7. The van der Waals surface area contributed by atoms with Gasteiger partial charge in [-0.3, -0.25) is 0 Å². The van der Waals surface area contributed by atoms with E-state index >= 15 is 0 Å². The Morgan fingerprint density at radius 2 is 0.604 bits per heavy atom. The van der Waals surface area contributed by atoms with Crippen LogP contribution >= 0.6 is 0 Å². The highest BCUT2D eigenvalue weighted by molar-refractivity contribution is 7.00. The van der Waals surface area contributed by atoms with E-state index in [0.717, 1.165) is 95.4 Å². The van der Waals surface area contributed by atoms with Crippen molar-refractivity contribution in [1.82, 2.24) is 4.57 Å². The number of aromatic nitrogens is 1. The third-order valence-corrected chi connectivity index (χ3v) is 20.1. The minimum atomic E-state index is -0.246. The first-order valence-electron chi connectivity index (χ1n) is 33.3. The lowest BCUT2D eigenvalue weighted by atomic mass is 9.33. The second-order valence-electron chi connectivity index (χ2n) is 25.4. The molecule has 16 aromatic carbocycles. The number of rotatable bonds is 10. The minimum Gasteiger partial charge on any atom is -0.310 e. The van der Waals surface area contributed by atoms with E-state index in [4.69, 9.17) is 0 Å². The lowest BCUT2D eigenvalue weighted by Crippen LogP contribution is -2.61. The van der Waals surface area contributed by atoms with Crippen LogP contribution in [0.4, 0.5) is 34.1 Å². The summed E-state index contributed by atoms with van der Waals surface area (Å²) in [5, 5.41) is 7.23. The molecule has 3 heterocycles. The summed E-state index contributed by atoms with van der Waals surface area (Å²) in [5.74, 6) is 0. The SMILES string of the molecule is c1ccc(-c2ccc3c(c2)B2c4cc(-c5ccccc5)ccc4N(c4c(-c5ccccc5)cccc4-c4ccccc4)c4cc(-n5c6ccc(-c7cccc8ccccc78)cc6c6ccc7ccccc7c65)cc(c42)N3c2c(-c3ccccc3)cccc2-c2ccccc2)cc1. The van der Waals surface area contributed by atoms with Crippen LogP contribution in [0.3, 0.4) is 0 Å². The molecular formula is C92H60BN3. The van der Waals surface area contributed by atoms with Crippen molar-refractivity contribution in [3.8, 4) is 83.6 Å². The van der Waals surface area contributed by atoms with Crippen LogP contribution in [0.15, 0.2) is 364 Å². The van der Waals surface area contributed by atoms with Crippen LogP contribution in [-0.4, -0.2) is 11.3 Å². The summed E-state index contributed by atoms with van der Waals surface area (Å²) in [4.78, 5) is 5.34. The zero-order valence-electron chi connectivity index (χ0n) is 52.6. The van der Waals surface area contributed by atoms with Gasteiger partial charge >= 0.3 is 0 Å². The van der Waals surface area contributed by atoms with Gasteiger partial charge in [-0.2, -0.15) is 0 Å². The molecule has 0 bridgehead atoms. The zero-order chi connectivity index (χ0) is 63.2. The summed E-state index contributed by atoms with van der Waals surface area (Å²) >= 11 is 0. The van der Waals surface area contributed by atoms with Gasteiger partial charge in [0, 0.05) is 61.2 Å². The second-order valence-corrected chi connectivity index (χ2v) is 25.4. The highest BCUT2D eigenvalue weighted by Gasteiger charge is 2.46. The van der Waals surface area contributed by atoms with Gasteiger partial charge in [-0.05, 0) is 125 Å². The van der Waals surface area contributed by atoms with Gasteiger partial charge in [0.15, 0.2) is 0 Å². The maximum absolute atomic E-state index is 2.67. The third kappa shape index (κ3) is 8.91. The maximum atomic E-state index is 2.67. The van der Waals surface area contributed by atoms with E-state index in [-0.39, 0.29) is 6.71 Å². The lowest BCUT2D eigenvalue weighted by molar-refractivity contribution is 1.16. The van der Waals surface area contributed by atoms with Crippen molar-refractivity contribution in [2.45, 2.75) is 0 Å². The van der Waals surface area contributed by atoms with Crippen molar-refractivity contribution >= 4 is 101 Å². The van der Waals surface area contributed by atoms with Crippen LogP contribution in [0.5, 0.6) is 0 Å². The molecule has 0 aliphatic carbocycles. The largest absolute Gasteiger partial charge is 0.310 e. The number of anilines is 6. The van der Waals surface area contributed by atoms with Gasteiger partial charge in [-0.15, -0.1) is 0 Å². The normalized spacial score (nSPS) is 12.3. The van der Waals surface area contributed by atoms with E-state index in [1.807, 2.05) is 0 Å². The third-order valence-electron chi connectivity index (χ3n) is 20.1. The molecule has 0 amide bonds. The Bertz CT molecular complexity index is 5520. The van der Waals surface area contributed by atoms with Gasteiger partial charge in [-0.1, -0.05) is 328 Å². The predicted molar refractivity (Wildman–Crippen MR) is 408 cm³/mol. The molecule has 0 spiro atoms. The highest BCUT2D eigenvalue weighted by atomic mass is 15.2. The first-order valence-corrected chi connectivity index (χ1v) is 33.3. The average Bonchev–Trinajstić information content (AvgIpc) is 0.742. The topological polar surface area (TPSA) is 11.4 Å². The van der Waals surface area contributed by atoms with Crippen LogP contribution in [0.1, 0.15) is 0 Å². The molecule has 3 nitrogen and oxygen atoms in total. The number of hydrogen-bond acceptors (Lipinski definition) is 2. The van der Waals surface area contributed by atoms with E-state index < -0.39 is 0 Å². The molecule has 0 saturated heterocycles. The zero-order valence-corrected chi connectivity index (χ0v) is 52.6. The molecule has 2 aliphatic heterocycles. The van der Waals surface area contributed by atoms with Crippen molar-refractivity contribution < 1.29 is 0 Å². The molecule has 0 radical (unpaired) electrons. The van der Waals surface area contributed by atoms with E-state index in [2.05, 4.69) is 378 Å². The molecule has 0 fully saturated rings. The molecule has 19 rings (SSSR count). The fourth-order valence-electron chi connectivity index (χ4n) is 15.9. The monoisotopic (exact) mass is 1220 g/mol. The van der Waals surface area contributed by atoms with Gasteiger partial charge in [0.2, 0.25) is 0 Å². The Morgan fingerprint density at radius 1 is 0.219 bits per heavy atom. The molecular weight excluding hydrogens is 1160 g/mol. The number of fused-ring (bicyclic) bond motifs is 10. The number of benzene rings is 16. The van der Waals surface area contributed by atoms with Crippen molar-refractivity contribution in [2.75, 3.05) is 9.80 Å². The van der Waals surface area contributed by atoms with Crippen molar-refractivity contribution in [2.24, 2.45) is 0 Å². The maximum Gasteiger partial charge on any atom is 0.252 e. The molecule has 0 atom stereocenters. The van der Waals surface area contributed by atoms with E-state index in [9.17, 15) is 0 Å². The van der Waals surface area contributed by atoms with Crippen LogP contribution < -0.4 is 26.2 Å². The van der Waals surface area contributed by atoms with Gasteiger partial charge < -0.3 is 14.4 Å². The number of hydrogen-bond donors (Lipinski definition) is 0. The smallest absolute Gasteiger partial charge is 0.252 e. The van der Waals surface area contributed by atoms with Crippen molar-refractivity contribution in [3.05, 3.63) is 364 Å². The molecule has 0 saturated carbocycles. The number of para-hydroxylation sites is 2. The standard InChI is InChI=1S/C92H60BN3/c1-7-26-61(27-8-1)69-49-54-85-82(57-69)93-83-58-70(62-28-9-2-10-29-62)50-55-86(83)96(91-78(66-34-15-5-16-35-66)46-25-47-79(91)67-36-17-6-18-37-67)88-60-72(59-87(89(88)93)95(85)90-76(64-30-11-3-12-31-64)44-24-45-77(90)65-32-13-4-14-33-65)94-84-53-51-71(74-43-23-40-63-38-19-21-41-73(63)74)56-81(84)80-52-48-68-39-20-22-42-75(68)92(80)94/h1-60H. The highest BCUT2D eigenvalue weighted by Crippen LogP contribution is 2.54. The molecule has 0 N–H and O–H groups in total. The van der Waals surface area contributed by atoms with Crippen LogP contribution in [0.25, 0.3) is 127 Å². The molecule has 4 heteroatoms. The lowest BCUT2D eigenvalue weighted by Gasteiger charge is -2.46. The Balaban J connectivity index is 1.01. The number of nitrogens with zero attached hydrogens (tertiary/aromatic N) is 3. The molecule has 0 unspecified atom stereocenters. The summed E-state index contributed by atoms with van der Waals surface area (Å²) in [6.45, 7) is -0.246. The predicted octanol–water partition coefficient (Wildman–Crippen LogP) is 22.8. The Morgan fingerprint density at radius 3 is 1.08 bits per heavy atom. The van der Waals surface area contributed by atoms with Gasteiger partial charge in [-0.25, -0.2) is 0 Å². The molecule has 17 aromatic rings. The van der Waals surface area contributed by atoms with Gasteiger partial charge in [0.05, 0.1) is 28.1 Å². The molecule has 2 aliphatic rings. The van der Waals surface area contributed by atoms with Crippen molar-refractivity contribution in [3.63, 3.8) is 0 Å². The summed E-state index contributed by atoms with van der Waals surface area (Å²) in [6, 6.07) is 136. The fraction of sp³-hybridized carbons (Fsp3) is 0. The van der Waals surface area contributed by atoms with E-state index in [1.54, 1.807) is 0 Å². The minimum absolute atomic E-state index is 0.246. The van der Waals surface area contributed by atoms with E-state index in [1.165, 1.54) is 82.1 Å². The van der Waals surface area contributed by atoms with Gasteiger partial charge in [0.1, 0.15) is 0 Å². The Labute approximate surface area is 559 Å². The van der Waals surface area contributed by atoms with Crippen LogP contribution in [0, 0.1) is 0 Å². The Kier molecular flexibility index (Phi) is 13.0. The fourth-order valence-corrected chi connectivity index (χ4v) is 15.9. The molecule has 1 aromatic heterocycles. The molecule has 96 heavy (non-hydrogen) atoms. The first-order chi connectivity index (χ1) is 47.7. The summed E-state index contributed by atoms with van der Waals surface area (Å²) in [5.41, 5.74) is 29.9. The van der Waals surface area contributed by atoms with E-state index in [0.29, 0.717) is 0 Å². The quantitative estimate of drug-likeness (QED) is 0.126. The summed E-state index contributed by atoms with van der Waals surface area (Å²) in [7, 11) is 0. The summed E-state index contributed by atoms with van der Waals surface area (Å²) in [6.07, 6.45) is 0. The van der Waals surface area contributed by atoms with Crippen LogP contribution in [-0.2, 0) is 0 Å². The average molecular weight is 1220 g/mol. The van der Waals surface area contributed by atoms with Crippen LogP contribution in [0.2, 0.25) is 0 Å². The van der Waals surface area contributed by atoms with Gasteiger partial charge in [0.25, 0.3) is 6.71 Å². The molecule has 446 valence electrons. The first kappa shape index (κ1) is 55.2. The summed E-state index contributed by atoms with van der Waals surface area (Å²) < 4.78 is 2.60.